The van der Waals surface area contributed by atoms with Crippen molar-refractivity contribution >= 4 is 11.9 Å². The minimum absolute atomic E-state index is 0.126. The summed E-state index contributed by atoms with van der Waals surface area (Å²) in [6.45, 7) is 5.82. The number of carboxylic acids is 2. The first-order valence-corrected chi connectivity index (χ1v) is 6.40. The Morgan fingerprint density at radius 3 is 2.00 bits per heavy atom. The molecule has 3 aliphatic carbocycles. The molecule has 0 aromatic rings. The van der Waals surface area contributed by atoms with Gasteiger partial charge in [-0.1, -0.05) is 32.9 Å². The highest BCUT2D eigenvalue weighted by Crippen LogP contribution is 2.61. The Balaban J connectivity index is 2.60. The zero-order chi connectivity index (χ0) is 13.7. The molecule has 0 heterocycles. The molecule has 4 heteroatoms. The summed E-state index contributed by atoms with van der Waals surface area (Å²) in [5.41, 5.74) is -1.03. The van der Waals surface area contributed by atoms with Crippen molar-refractivity contribution in [3.63, 3.8) is 0 Å². The smallest absolute Gasteiger partial charge is 0.308 e. The van der Waals surface area contributed by atoms with E-state index in [0.29, 0.717) is 0 Å². The fourth-order valence-electron chi connectivity index (χ4n) is 3.84. The monoisotopic (exact) mass is 252 g/mol. The Morgan fingerprint density at radius 2 is 1.67 bits per heavy atom. The molecule has 0 unspecified atom stereocenters. The summed E-state index contributed by atoms with van der Waals surface area (Å²) in [5, 5.41) is 19.0. The summed E-state index contributed by atoms with van der Waals surface area (Å²) in [7, 11) is 0. The van der Waals surface area contributed by atoms with Crippen LogP contribution in [0, 0.1) is 28.6 Å². The lowest BCUT2D eigenvalue weighted by molar-refractivity contribution is -0.173. The van der Waals surface area contributed by atoms with Crippen molar-refractivity contribution in [3.05, 3.63) is 12.2 Å². The second-order valence-corrected chi connectivity index (χ2v) is 6.24. The summed E-state index contributed by atoms with van der Waals surface area (Å²) < 4.78 is 0. The zero-order valence-corrected chi connectivity index (χ0v) is 11.0. The van der Waals surface area contributed by atoms with Crippen molar-refractivity contribution < 1.29 is 19.8 Å². The minimum atomic E-state index is -0.987. The molecule has 2 N–H and O–H groups in total. The van der Waals surface area contributed by atoms with Gasteiger partial charge < -0.3 is 10.2 Å². The Hall–Kier alpha value is -1.32. The molecule has 0 saturated heterocycles. The van der Waals surface area contributed by atoms with Gasteiger partial charge in [0.2, 0.25) is 0 Å². The molecule has 3 rings (SSSR count). The fraction of sp³-hybridized carbons (Fsp3) is 0.714. The number of hydrogen-bond acceptors (Lipinski definition) is 2. The highest BCUT2D eigenvalue weighted by molar-refractivity contribution is 5.83. The van der Waals surface area contributed by atoms with Gasteiger partial charge in [0, 0.05) is 5.41 Å². The average molecular weight is 252 g/mol. The van der Waals surface area contributed by atoms with E-state index in [2.05, 4.69) is 0 Å². The molecule has 4 nitrogen and oxygen atoms in total. The van der Waals surface area contributed by atoms with E-state index >= 15 is 0 Å². The number of hydrogen-bond donors (Lipinski definition) is 2. The number of carbonyl (C=O) groups is 2. The summed E-state index contributed by atoms with van der Waals surface area (Å²) in [6.07, 6.45) is 5.43. The third kappa shape index (κ3) is 1.51. The topological polar surface area (TPSA) is 74.6 Å². The summed E-state index contributed by atoms with van der Waals surface area (Å²) >= 11 is 0. The third-order valence-corrected chi connectivity index (χ3v) is 5.10. The zero-order valence-electron chi connectivity index (χ0n) is 11.0. The number of fused-ring (bicyclic) bond motifs is 2. The van der Waals surface area contributed by atoms with Gasteiger partial charge in [-0.15, -0.1) is 0 Å². The van der Waals surface area contributed by atoms with Crippen LogP contribution in [0.5, 0.6) is 0 Å². The summed E-state index contributed by atoms with van der Waals surface area (Å²) in [5.74, 6) is -3.48. The Labute approximate surface area is 107 Å². The lowest BCUT2D eigenvalue weighted by atomic mass is 9.46. The maximum absolute atomic E-state index is 11.6. The molecule has 0 radical (unpaired) electrons. The number of rotatable bonds is 3. The van der Waals surface area contributed by atoms with Gasteiger partial charge in [-0.05, 0) is 24.2 Å². The molecule has 0 aliphatic heterocycles. The molecule has 0 spiro atoms. The first-order valence-electron chi connectivity index (χ1n) is 6.40. The largest absolute Gasteiger partial charge is 0.481 e. The fourth-order valence-corrected chi connectivity index (χ4v) is 3.84. The molecule has 0 amide bonds. The maximum Gasteiger partial charge on any atom is 0.308 e. The predicted octanol–water partition coefficient (Wildman–Crippen LogP) is 2.40. The summed E-state index contributed by atoms with van der Waals surface area (Å²) in [6, 6.07) is 0. The van der Waals surface area contributed by atoms with E-state index in [1.165, 1.54) is 0 Å². The van der Waals surface area contributed by atoms with Crippen molar-refractivity contribution in [2.45, 2.75) is 33.6 Å². The summed E-state index contributed by atoms with van der Waals surface area (Å²) in [4.78, 5) is 23.1. The molecule has 1 fully saturated rings. The van der Waals surface area contributed by atoms with E-state index in [9.17, 15) is 19.8 Å². The van der Waals surface area contributed by atoms with Gasteiger partial charge in [0.15, 0.2) is 0 Å². The lowest BCUT2D eigenvalue weighted by Crippen LogP contribution is -2.57. The molecule has 0 aromatic carbocycles. The van der Waals surface area contributed by atoms with Gasteiger partial charge in [-0.25, -0.2) is 0 Å². The molecular weight excluding hydrogens is 232 g/mol. The molecule has 0 aromatic heterocycles. The van der Waals surface area contributed by atoms with Gasteiger partial charge >= 0.3 is 11.9 Å². The van der Waals surface area contributed by atoms with Crippen molar-refractivity contribution in [1.82, 2.24) is 0 Å². The Bertz CT molecular complexity index is 426. The van der Waals surface area contributed by atoms with Crippen molar-refractivity contribution in [2.24, 2.45) is 28.6 Å². The van der Waals surface area contributed by atoms with Crippen LogP contribution in [0.1, 0.15) is 33.6 Å². The first kappa shape index (κ1) is 13.1. The Morgan fingerprint density at radius 1 is 1.11 bits per heavy atom. The third-order valence-electron chi connectivity index (χ3n) is 5.10. The second kappa shape index (κ2) is 3.84. The normalized spacial score (nSPS) is 42.2. The highest BCUT2D eigenvalue weighted by Gasteiger charge is 2.61. The van der Waals surface area contributed by atoms with Crippen LogP contribution >= 0.6 is 0 Å². The molecule has 4 atom stereocenters. The molecule has 2 bridgehead atoms. The van der Waals surface area contributed by atoms with Crippen LogP contribution in [0.15, 0.2) is 12.2 Å². The van der Waals surface area contributed by atoms with E-state index in [4.69, 9.17) is 0 Å². The van der Waals surface area contributed by atoms with Crippen molar-refractivity contribution in [2.75, 3.05) is 0 Å². The highest BCUT2D eigenvalue weighted by atomic mass is 16.4. The van der Waals surface area contributed by atoms with E-state index in [1.807, 2.05) is 32.9 Å². The van der Waals surface area contributed by atoms with Crippen LogP contribution in [-0.2, 0) is 9.59 Å². The van der Waals surface area contributed by atoms with E-state index in [0.717, 1.165) is 12.8 Å². The van der Waals surface area contributed by atoms with Crippen LogP contribution < -0.4 is 0 Å². The lowest BCUT2D eigenvalue weighted by Gasteiger charge is -2.56. The van der Waals surface area contributed by atoms with Gasteiger partial charge in [0.05, 0.1) is 11.8 Å². The van der Waals surface area contributed by atoms with Gasteiger partial charge in [0.1, 0.15) is 0 Å². The van der Waals surface area contributed by atoms with Crippen LogP contribution in [-0.4, -0.2) is 22.2 Å². The van der Waals surface area contributed by atoms with Crippen LogP contribution in [0.3, 0.4) is 0 Å². The van der Waals surface area contributed by atoms with E-state index in [-0.39, 0.29) is 5.92 Å². The van der Waals surface area contributed by atoms with Gasteiger partial charge in [-0.3, -0.25) is 9.59 Å². The van der Waals surface area contributed by atoms with Gasteiger partial charge in [-0.2, -0.15) is 0 Å². The van der Waals surface area contributed by atoms with E-state index < -0.39 is 34.6 Å². The van der Waals surface area contributed by atoms with Crippen LogP contribution in [0.2, 0.25) is 0 Å². The minimum Gasteiger partial charge on any atom is -0.481 e. The number of allylic oxidation sites excluding steroid dienone is 2. The second-order valence-electron chi connectivity index (χ2n) is 6.24. The SMILES string of the molecule is CC(C)[C@@]12C=C[C@@](C)(CC1)[C@H](C(=O)O)[C@@H]2C(=O)O. The van der Waals surface area contributed by atoms with Crippen molar-refractivity contribution in [3.8, 4) is 0 Å². The maximum atomic E-state index is 11.6. The average Bonchev–Trinajstić information content (AvgIpc) is 2.27. The quantitative estimate of drug-likeness (QED) is 0.756. The number of aliphatic carboxylic acids is 2. The molecule has 18 heavy (non-hydrogen) atoms. The molecule has 3 aliphatic rings. The van der Waals surface area contributed by atoms with E-state index in [1.54, 1.807) is 0 Å². The predicted molar refractivity (Wildman–Crippen MR) is 66.0 cm³/mol. The molecule has 100 valence electrons. The van der Waals surface area contributed by atoms with Crippen LogP contribution in [0.25, 0.3) is 0 Å². The van der Waals surface area contributed by atoms with Gasteiger partial charge in [0.25, 0.3) is 0 Å². The number of carboxylic acid groups (broad SMARTS) is 2. The van der Waals surface area contributed by atoms with Crippen molar-refractivity contribution in [1.29, 1.82) is 0 Å². The Kier molecular flexibility index (Phi) is 2.80. The molecule has 1 saturated carbocycles. The van der Waals surface area contributed by atoms with Crippen LogP contribution in [0.4, 0.5) is 0 Å². The first-order chi connectivity index (χ1) is 8.24. The molecular formula is C14H20O4. The standard InChI is InChI=1S/C14H20O4/c1-8(2)14-6-4-13(3,5-7-14)9(11(15)16)10(14)12(17)18/h4,6,8-10H,5,7H2,1-3H3,(H,15,16)(H,17,18)/t9-,10+,13-,14+/m0/s1.